The molecule has 0 spiro atoms. The zero-order valence-electron chi connectivity index (χ0n) is 9.47. The molecule has 0 aliphatic carbocycles. The number of allylic oxidation sites excluding steroid dienone is 2. The van der Waals surface area contributed by atoms with Crippen LogP contribution in [0.3, 0.4) is 0 Å². The van der Waals surface area contributed by atoms with Crippen LogP contribution in [0.1, 0.15) is 20.8 Å². The first-order chi connectivity index (χ1) is 6.89. The first-order valence-electron chi connectivity index (χ1n) is 4.92. The molecule has 0 fully saturated rings. The van der Waals surface area contributed by atoms with Gasteiger partial charge in [-0.1, -0.05) is 11.6 Å². The van der Waals surface area contributed by atoms with Crippen molar-refractivity contribution in [1.82, 2.24) is 4.90 Å². The molecule has 0 saturated carbocycles. The predicted octanol–water partition coefficient (Wildman–Crippen LogP) is 1.68. The molecule has 88 valence electrons. The van der Waals surface area contributed by atoms with E-state index in [4.69, 9.17) is 4.55 Å². The molecule has 0 bridgehead atoms. The Hall–Kier alpha value is -0.810. The Morgan fingerprint density at radius 1 is 1.47 bits per heavy atom. The topological polar surface area (TPSA) is 57.6 Å². The lowest BCUT2D eigenvalue weighted by Crippen LogP contribution is -2.20. The second kappa shape index (κ2) is 6.63. The number of nitrogens with zero attached hydrogens (tertiary/aromatic N) is 1. The molecular weight excluding hydrogens is 214 g/mol. The summed E-state index contributed by atoms with van der Waals surface area (Å²) in [5.74, 6) is -0.201. The van der Waals surface area contributed by atoms with Gasteiger partial charge in [-0.15, -0.1) is 0 Å². The fourth-order valence-corrected chi connectivity index (χ4v) is 0.972. The fourth-order valence-electron chi connectivity index (χ4n) is 0.972. The van der Waals surface area contributed by atoms with Gasteiger partial charge in [-0.3, -0.25) is 4.55 Å². The van der Waals surface area contributed by atoms with Gasteiger partial charge in [-0.25, -0.2) is 0 Å². The average Bonchev–Trinajstić information content (AvgIpc) is 2.18. The highest BCUT2D eigenvalue weighted by Crippen LogP contribution is 2.04. The van der Waals surface area contributed by atoms with E-state index in [1.807, 2.05) is 0 Å². The number of rotatable bonds is 2. The van der Waals surface area contributed by atoms with Crippen molar-refractivity contribution in [3.8, 4) is 0 Å². The first-order valence-corrected chi connectivity index (χ1v) is 6.53. The summed E-state index contributed by atoms with van der Waals surface area (Å²) >= 11 is 0. The highest BCUT2D eigenvalue weighted by molar-refractivity contribution is 7.85. The molecule has 0 saturated heterocycles. The van der Waals surface area contributed by atoms with Crippen molar-refractivity contribution in [2.24, 2.45) is 0 Å². The molecule has 5 heteroatoms. The van der Waals surface area contributed by atoms with Crippen LogP contribution in [0.15, 0.2) is 23.9 Å². The molecule has 1 N–H and O–H groups in total. The first kappa shape index (κ1) is 14.2. The molecule has 1 aliphatic heterocycles. The summed E-state index contributed by atoms with van der Waals surface area (Å²) in [4.78, 5) is 2.29. The van der Waals surface area contributed by atoms with Crippen LogP contribution in [0, 0.1) is 0 Å². The molecule has 15 heavy (non-hydrogen) atoms. The van der Waals surface area contributed by atoms with Crippen molar-refractivity contribution in [3.05, 3.63) is 23.9 Å². The van der Waals surface area contributed by atoms with Crippen LogP contribution in [0.5, 0.6) is 0 Å². The third-order valence-corrected chi connectivity index (χ3v) is 2.63. The SMILES string of the molecule is CCN1C=CC=C(C)C1.CCS(=O)(=O)O. The lowest BCUT2D eigenvalue weighted by atomic mass is 10.2. The Balaban J connectivity index is 0.000000288. The molecule has 4 nitrogen and oxygen atoms in total. The summed E-state index contributed by atoms with van der Waals surface area (Å²) in [6.07, 6.45) is 6.39. The Bertz CT molecular complexity index is 331. The molecule has 0 radical (unpaired) electrons. The monoisotopic (exact) mass is 233 g/mol. The minimum Gasteiger partial charge on any atom is -0.374 e. The maximum atomic E-state index is 9.56. The maximum absolute atomic E-state index is 9.56. The normalized spacial score (nSPS) is 15.5. The van der Waals surface area contributed by atoms with E-state index in [-0.39, 0.29) is 5.75 Å². The van der Waals surface area contributed by atoms with Gasteiger partial charge in [0.2, 0.25) is 0 Å². The van der Waals surface area contributed by atoms with Crippen LogP contribution in [0.25, 0.3) is 0 Å². The predicted molar refractivity (Wildman–Crippen MR) is 62.2 cm³/mol. The fraction of sp³-hybridized carbons (Fsp3) is 0.600. The van der Waals surface area contributed by atoms with Crippen LogP contribution in [-0.2, 0) is 10.1 Å². The standard InChI is InChI=1S/C8H13N.C2H6O3S/c1-3-9-6-4-5-8(2)7-9;1-2-6(3,4)5/h4-6H,3,7H2,1-2H3;2H2,1H3,(H,3,4,5). The van der Waals surface area contributed by atoms with E-state index in [0.717, 1.165) is 13.1 Å². The van der Waals surface area contributed by atoms with E-state index >= 15 is 0 Å². The quantitative estimate of drug-likeness (QED) is 0.737. The molecule has 1 heterocycles. The third kappa shape index (κ3) is 8.20. The van der Waals surface area contributed by atoms with Crippen LogP contribution >= 0.6 is 0 Å². The zero-order valence-corrected chi connectivity index (χ0v) is 10.3. The number of hydrogen-bond acceptors (Lipinski definition) is 3. The molecule has 0 amide bonds. The van der Waals surface area contributed by atoms with Crippen molar-refractivity contribution >= 4 is 10.1 Å². The van der Waals surface area contributed by atoms with Crippen molar-refractivity contribution in [2.45, 2.75) is 20.8 Å². The van der Waals surface area contributed by atoms with Gasteiger partial charge >= 0.3 is 0 Å². The van der Waals surface area contributed by atoms with Gasteiger partial charge in [0.25, 0.3) is 10.1 Å². The summed E-state index contributed by atoms with van der Waals surface area (Å²) < 4.78 is 26.9. The van der Waals surface area contributed by atoms with E-state index in [1.165, 1.54) is 12.5 Å². The molecule has 1 rings (SSSR count). The van der Waals surface area contributed by atoms with Crippen molar-refractivity contribution in [3.63, 3.8) is 0 Å². The lowest BCUT2D eigenvalue weighted by molar-refractivity contribution is 0.425. The molecule has 0 aromatic rings. The van der Waals surface area contributed by atoms with E-state index in [2.05, 4.69) is 37.1 Å². The van der Waals surface area contributed by atoms with Crippen LogP contribution in [0.2, 0.25) is 0 Å². The largest absolute Gasteiger partial charge is 0.374 e. The van der Waals surface area contributed by atoms with Crippen LogP contribution < -0.4 is 0 Å². The summed E-state index contributed by atoms with van der Waals surface area (Å²) in [6, 6.07) is 0. The molecule has 0 aromatic heterocycles. The van der Waals surface area contributed by atoms with Crippen molar-refractivity contribution < 1.29 is 13.0 Å². The van der Waals surface area contributed by atoms with Crippen LogP contribution in [0.4, 0.5) is 0 Å². The van der Waals surface area contributed by atoms with Gasteiger partial charge in [0.15, 0.2) is 0 Å². The molecule has 0 unspecified atom stereocenters. The molecule has 1 aliphatic rings. The minimum absolute atomic E-state index is 0.201. The Labute approximate surface area is 92.0 Å². The smallest absolute Gasteiger partial charge is 0.264 e. The highest BCUT2D eigenvalue weighted by Gasteiger charge is 1.98. The second-order valence-corrected chi connectivity index (χ2v) is 5.03. The van der Waals surface area contributed by atoms with E-state index in [1.54, 1.807) is 0 Å². The highest BCUT2D eigenvalue weighted by atomic mass is 32.2. The van der Waals surface area contributed by atoms with Gasteiger partial charge < -0.3 is 4.90 Å². The van der Waals surface area contributed by atoms with Gasteiger partial charge in [0.05, 0.1) is 5.75 Å². The minimum atomic E-state index is -3.66. The van der Waals surface area contributed by atoms with Gasteiger partial charge in [0, 0.05) is 13.1 Å². The average molecular weight is 233 g/mol. The third-order valence-electron chi connectivity index (χ3n) is 1.90. The summed E-state index contributed by atoms with van der Waals surface area (Å²) in [6.45, 7) is 7.92. The number of likely N-dealkylation sites (N-methyl/N-ethyl adjacent to an activating group) is 1. The molecule has 0 aromatic carbocycles. The summed E-state index contributed by atoms with van der Waals surface area (Å²) in [7, 11) is -3.66. The second-order valence-electron chi connectivity index (χ2n) is 3.29. The van der Waals surface area contributed by atoms with Gasteiger partial charge in [0.1, 0.15) is 0 Å². The van der Waals surface area contributed by atoms with Crippen molar-refractivity contribution in [1.29, 1.82) is 0 Å². The van der Waals surface area contributed by atoms with Crippen molar-refractivity contribution in [2.75, 3.05) is 18.8 Å². The Kier molecular flexibility index (Phi) is 6.27. The van der Waals surface area contributed by atoms with Gasteiger partial charge in [-0.05, 0) is 33.0 Å². The summed E-state index contributed by atoms with van der Waals surface area (Å²) in [5, 5.41) is 0. The van der Waals surface area contributed by atoms with E-state index < -0.39 is 10.1 Å². The zero-order chi connectivity index (χ0) is 11.9. The lowest BCUT2D eigenvalue weighted by Gasteiger charge is -2.20. The summed E-state index contributed by atoms with van der Waals surface area (Å²) in [5.41, 5.74) is 1.44. The van der Waals surface area contributed by atoms with E-state index in [0.29, 0.717) is 0 Å². The Morgan fingerprint density at radius 3 is 2.27 bits per heavy atom. The van der Waals surface area contributed by atoms with Crippen LogP contribution in [-0.4, -0.2) is 36.7 Å². The molecule has 0 atom stereocenters. The number of hydrogen-bond donors (Lipinski definition) is 1. The Morgan fingerprint density at radius 2 is 2.00 bits per heavy atom. The molecular formula is C10H19NO3S. The maximum Gasteiger partial charge on any atom is 0.264 e. The van der Waals surface area contributed by atoms with Gasteiger partial charge in [-0.2, -0.15) is 8.42 Å². The van der Waals surface area contributed by atoms with E-state index in [9.17, 15) is 8.42 Å².